The van der Waals surface area contributed by atoms with E-state index in [9.17, 15) is 0 Å². The molecule has 0 bridgehead atoms. The highest BCUT2D eigenvalue weighted by atomic mass is 16.5. The van der Waals surface area contributed by atoms with Crippen molar-refractivity contribution in [3.8, 4) is 11.8 Å². The maximum Gasteiger partial charge on any atom is 0.123 e. The van der Waals surface area contributed by atoms with Crippen molar-refractivity contribution in [3.63, 3.8) is 0 Å². The Kier molecular flexibility index (Phi) is 7.25. The lowest BCUT2D eigenvalue weighted by Crippen LogP contribution is -2.38. The fourth-order valence-corrected chi connectivity index (χ4v) is 2.69. The van der Waals surface area contributed by atoms with Gasteiger partial charge in [-0.05, 0) is 37.4 Å². The number of piperidine rings is 1. The van der Waals surface area contributed by atoms with E-state index in [1.165, 1.54) is 5.56 Å². The fraction of sp³-hybridized carbons (Fsp3) is 0.611. The van der Waals surface area contributed by atoms with Crippen LogP contribution in [0.5, 0.6) is 5.75 Å². The lowest BCUT2D eigenvalue weighted by Gasteiger charge is -2.38. The summed E-state index contributed by atoms with van der Waals surface area (Å²) in [6.07, 6.45) is 2.89. The van der Waals surface area contributed by atoms with E-state index in [1.807, 2.05) is 26.0 Å². The smallest absolute Gasteiger partial charge is 0.123 e. The highest BCUT2D eigenvalue weighted by Crippen LogP contribution is 2.34. The largest absolute Gasteiger partial charge is 0.496 e. The van der Waals surface area contributed by atoms with Gasteiger partial charge in [0.1, 0.15) is 5.75 Å². The molecule has 0 spiro atoms. The predicted octanol–water partition coefficient (Wildman–Crippen LogP) is 4.24. The summed E-state index contributed by atoms with van der Waals surface area (Å²) < 4.78 is 5.40. The number of hydrogen-bond acceptors (Lipinski definition) is 3. The van der Waals surface area contributed by atoms with Crippen molar-refractivity contribution in [2.75, 3.05) is 20.2 Å². The molecular formula is C18H28N2O. The summed E-state index contributed by atoms with van der Waals surface area (Å²) in [6.45, 7) is 9.30. The first kappa shape index (κ1) is 17.5. The van der Waals surface area contributed by atoms with E-state index < -0.39 is 0 Å². The van der Waals surface area contributed by atoms with Crippen LogP contribution in [0.25, 0.3) is 0 Å². The van der Waals surface area contributed by atoms with Gasteiger partial charge in [0, 0.05) is 18.5 Å². The highest BCUT2D eigenvalue weighted by Gasteiger charge is 2.29. The van der Waals surface area contributed by atoms with Crippen molar-refractivity contribution in [1.82, 2.24) is 4.90 Å². The first-order chi connectivity index (χ1) is 10.2. The van der Waals surface area contributed by atoms with E-state index in [0.717, 1.165) is 38.2 Å². The summed E-state index contributed by atoms with van der Waals surface area (Å²) in [7, 11) is 1.72. The molecule has 1 saturated heterocycles. The second-order valence-corrected chi connectivity index (χ2v) is 5.73. The van der Waals surface area contributed by atoms with Crippen molar-refractivity contribution >= 4 is 0 Å². The normalized spacial score (nSPS) is 17.3. The number of benzene rings is 1. The molecule has 0 unspecified atom stereocenters. The summed E-state index contributed by atoms with van der Waals surface area (Å²) in [6, 6.07) is 10.5. The van der Waals surface area contributed by atoms with E-state index in [1.54, 1.807) is 7.11 Å². The van der Waals surface area contributed by atoms with Crippen LogP contribution in [-0.2, 0) is 6.54 Å². The van der Waals surface area contributed by atoms with E-state index in [4.69, 9.17) is 10.00 Å². The van der Waals surface area contributed by atoms with Gasteiger partial charge in [-0.3, -0.25) is 4.90 Å². The Bertz CT molecular complexity index is 457. The molecule has 1 fully saturated rings. The minimum atomic E-state index is 0.214. The molecule has 21 heavy (non-hydrogen) atoms. The van der Waals surface area contributed by atoms with E-state index in [-0.39, 0.29) is 5.41 Å². The van der Waals surface area contributed by atoms with Crippen molar-refractivity contribution in [2.45, 2.75) is 46.6 Å². The first-order valence-corrected chi connectivity index (χ1v) is 7.88. The lowest BCUT2D eigenvalue weighted by atomic mass is 9.78. The van der Waals surface area contributed by atoms with Crippen molar-refractivity contribution in [1.29, 1.82) is 5.26 Å². The second-order valence-electron chi connectivity index (χ2n) is 5.73. The van der Waals surface area contributed by atoms with Crippen LogP contribution in [0.2, 0.25) is 0 Å². The van der Waals surface area contributed by atoms with Gasteiger partial charge < -0.3 is 4.74 Å². The van der Waals surface area contributed by atoms with Crippen molar-refractivity contribution < 1.29 is 4.74 Å². The predicted molar refractivity (Wildman–Crippen MR) is 87.2 cm³/mol. The zero-order valence-electron chi connectivity index (χ0n) is 13.9. The molecule has 1 aliphatic heterocycles. The molecule has 0 saturated carbocycles. The van der Waals surface area contributed by atoms with Gasteiger partial charge >= 0.3 is 0 Å². The molecule has 0 N–H and O–H groups in total. The Morgan fingerprint density at radius 2 is 1.86 bits per heavy atom. The Balaban J connectivity index is 0.00000106. The van der Waals surface area contributed by atoms with Gasteiger partial charge in [0.05, 0.1) is 13.2 Å². The van der Waals surface area contributed by atoms with Gasteiger partial charge in [0.2, 0.25) is 0 Å². The van der Waals surface area contributed by atoms with Crippen molar-refractivity contribution in [3.05, 3.63) is 29.8 Å². The average Bonchev–Trinajstić information content (AvgIpc) is 2.52. The number of methoxy groups -OCH3 is 1. The quantitative estimate of drug-likeness (QED) is 0.831. The number of ether oxygens (including phenoxy) is 1. The molecule has 0 amide bonds. The maximum atomic E-state index is 8.87. The van der Waals surface area contributed by atoms with Gasteiger partial charge in [-0.15, -0.1) is 0 Å². The van der Waals surface area contributed by atoms with Crippen LogP contribution in [0.1, 0.15) is 45.6 Å². The minimum absolute atomic E-state index is 0.214. The fourth-order valence-electron chi connectivity index (χ4n) is 2.69. The van der Waals surface area contributed by atoms with Crippen LogP contribution in [-0.4, -0.2) is 25.1 Å². The van der Waals surface area contributed by atoms with Gasteiger partial charge in [0.15, 0.2) is 0 Å². The molecule has 3 heteroatoms. The molecule has 0 aromatic heterocycles. The van der Waals surface area contributed by atoms with Gasteiger partial charge in [-0.25, -0.2) is 0 Å². The third-order valence-electron chi connectivity index (χ3n) is 4.16. The number of nitriles is 1. The number of para-hydroxylation sites is 1. The molecule has 1 aromatic carbocycles. The van der Waals surface area contributed by atoms with Crippen LogP contribution in [0.4, 0.5) is 0 Å². The first-order valence-electron chi connectivity index (χ1n) is 7.88. The monoisotopic (exact) mass is 288 g/mol. The Morgan fingerprint density at radius 3 is 2.43 bits per heavy atom. The average molecular weight is 288 g/mol. The number of rotatable bonds is 4. The summed E-state index contributed by atoms with van der Waals surface area (Å²) >= 11 is 0. The molecule has 116 valence electrons. The molecule has 2 rings (SSSR count). The minimum Gasteiger partial charge on any atom is -0.496 e. The van der Waals surface area contributed by atoms with Crippen LogP contribution in [0.15, 0.2) is 24.3 Å². The number of likely N-dealkylation sites (tertiary alicyclic amines) is 1. The van der Waals surface area contributed by atoms with E-state index in [0.29, 0.717) is 6.42 Å². The Hall–Kier alpha value is -1.53. The molecule has 0 radical (unpaired) electrons. The molecule has 0 aliphatic carbocycles. The van der Waals surface area contributed by atoms with Crippen LogP contribution in [0.3, 0.4) is 0 Å². The SMILES string of the molecule is CC.COc1ccccc1CN1CCC(C)(CC#N)CC1. The van der Waals surface area contributed by atoms with Gasteiger partial charge in [0.25, 0.3) is 0 Å². The van der Waals surface area contributed by atoms with Crippen LogP contribution >= 0.6 is 0 Å². The summed E-state index contributed by atoms with van der Waals surface area (Å²) in [5.41, 5.74) is 1.46. The Morgan fingerprint density at radius 1 is 1.24 bits per heavy atom. The lowest BCUT2D eigenvalue weighted by molar-refractivity contribution is 0.115. The Labute approximate surface area is 129 Å². The van der Waals surface area contributed by atoms with Crippen molar-refractivity contribution in [2.24, 2.45) is 5.41 Å². The molecule has 1 heterocycles. The molecule has 1 aromatic rings. The van der Waals surface area contributed by atoms with E-state index >= 15 is 0 Å². The standard InChI is InChI=1S/C16H22N2O.C2H6/c1-16(7-10-17)8-11-18(12-9-16)13-14-5-3-4-6-15(14)19-2;1-2/h3-6H,7-9,11-13H2,1-2H3;1-2H3. The summed E-state index contributed by atoms with van der Waals surface area (Å²) in [5.74, 6) is 0.966. The third kappa shape index (κ3) is 5.06. The summed E-state index contributed by atoms with van der Waals surface area (Å²) in [4.78, 5) is 2.46. The maximum absolute atomic E-state index is 8.87. The topological polar surface area (TPSA) is 36.3 Å². The van der Waals surface area contributed by atoms with E-state index in [2.05, 4.69) is 30.0 Å². The molecule has 0 atom stereocenters. The third-order valence-corrected chi connectivity index (χ3v) is 4.16. The van der Waals surface area contributed by atoms with Crippen LogP contribution in [0, 0.1) is 16.7 Å². The molecule has 3 nitrogen and oxygen atoms in total. The van der Waals surface area contributed by atoms with Gasteiger partial charge in [-0.2, -0.15) is 5.26 Å². The number of hydrogen-bond donors (Lipinski definition) is 0. The zero-order chi connectivity index (χ0) is 15.7. The molecular weight excluding hydrogens is 260 g/mol. The second kappa shape index (κ2) is 8.69. The highest BCUT2D eigenvalue weighted by molar-refractivity contribution is 5.33. The molecule has 1 aliphatic rings. The zero-order valence-corrected chi connectivity index (χ0v) is 13.9. The summed E-state index contributed by atoms with van der Waals surface area (Å²) in [5, 5.41) is 8.87. The van der Waals surface area contributed by atoms with Gasteiger partial charge in [-0.1, -0.05) is 39.0 Å². The van der Waals surface area contributed by atoms with Crippen LogP contribution < -0.4 is 4.74 Å². The number of nitrogens with zero attached hydrogens (tertiary/aromatic N) is 2.